The Hall–Kier alpha value is -2.14. The molecule has 0 spiro atoms. The van der Waals surface area contributed by atoms with Crippen LogP contribution in [0.3, 0.4) is 0 Å². The number of aliphatic hydroxyl groups is 1. The van der Waals surface area contributed by atoms with Gasteiger partial charge in [-0.25, -0.2) is 0 Å². The molecule has 1 atom stereocenters. The highest BCUT2D eigenvalue weighted by atomic mass is 16.3. The van der Waals surface area contributed by atoms with Crippen LogP contribution in [0.15, 0.2) is 30.5 Å². The van der Waals surface area contributed by atoms with Crippen LogP contribution in [-0.2, 0) is 19.4 Å². The van der Waals surface area contributed by atoms with Crippen molar-refractivity contribution in [3.05, 3.63) is 52.8 Å². The van der Waals surface area contributed by atoms with Crippen molar-refractivity contribution >= 4 is 5.91 Å². The first-order valence-electron chi connectivity index (χ1n) is 8.16. The second kappa shape index (κ2) is 6.96. The van der Waals surface area contributed by atoms with Gasteiger partial charge in [0.1, 0.15) is 0 Å². The maximum atomic E-state index is 12.3. The van der Waals surface area contributed by atoms with E-state index in [2.05, 4.69) is 41.6 Å². The lowest BCUT2D eigenvalue weighted by atomic mass is 9.99. The molecule has 2 heterocycles. The third-order valence-electron chi connectivity index (χ3n) is 4.43. The van der Waals surface area contributed by atoms with E-state index in [0.29, 0.717) is 12.1 Å². The molecule has 1 aromatic heterocycles. The van der Waals surface area contributed by atoms with E-state index in [1.54, 1.807) is 6.20 Å². The van der Waals surface area contributed by atoms with Gasteiger partial charge in [-0.3, -0.25) is 9.48 Å². The number of aromatic nitrogens is 2. The minimum Gasteiger partial charge on any atom is -0.396 e. The van der Waals surface area contributed by atoms with Crippen molar-refractivity contribution in [3.63, 3.8) is 0 Å². The quantitative estimate of drug-likeness (QED) is 0.853. The summed E-state index contributed by atoms with van der Waals surface area (Å²) in [6, 6.07) is 8.28. The molecule has 0 saturated heterocycles. The van der Waals surface area contributed by atoms with Crippen molar-refractivity contribution < 1.29 is 9.90 Å². The van der Waals surface area contributed by atoms with E-state index in [1.807, 2.05) is 4.68 Å². The molecule has 1 unspecified atom stereocenters. The fourth-order valence-electron chi connectivity index (χ4n) is 3.04. The molecule has 5 nitrogen and oxygen atoms in total. The lowest BCUT2D eigenvalue weighted by Crippen LogP contribution is -2.32. The minimum atomic E-state index is -0.0875. The lowest BCUT2D eigenvalue weighted by molar-refractivity contribution is 0.0939. The number of aryl methyl sites for hydroxylation is 2. The third-order valence-corrected chi connectivity index (χ3v) is 4.43. The van der Waals surface area contributed by atoms with Gasteiger partial charge in [-0.05, 0) is 31.7 Å². The molecule has 0 bridgehead atoms. The molecular weight excluding hydrogens is 290 g/mol. The van der Waals surface area contributed by atoms with E-state index >= 15 is 0 Å². The van der Waals surface area contributed by atoms with Gasteiger partial charge in [-0.2, -0.15) is 5.10 Å². The number of nitrogens with zero attached hydrogens (tertiary/aromatic N) is 2. The Labute approximate surface area is 136 Å². The maximum absolute atomic E-state index is 12.3. The molecule has 3 rings (SSSR count). The predicted octanol–water partition coefficient (Wildman–Crippen LogP) is 1.72. The molecule has 122 valence electrons. The predicted molar refractivity (Wildman–Crippen MR) is 88.3 cm³/mol. The van der Waals surface area contributed by atoms with E-state index in [1.165, 1.54) is 11.1 Å². The molecule has 23 heavy (non-hydrogen) atoms. The van der Waals surface area contributed by atoms with Gasteiger partial charge in [0.05, 0.1) is 17.5 Å². The van der Waals surface area contributed by atoms with Gasteiger partial charge in [0, 0.05) is 25.6 Å². The largest absolute Gasteiger partial charge is 0.396 e. The minimum absolute atomic E-state index is 0.0188. The van der Waals surface area contributed by atoms with Crippen LogP contribution in [0.5, 0.6) is 0 Å². The normalized spacial score (nSPS) is 14.5. The van der Waals surface area contributed by atoms with Crippen LogP contribution >= 0.6 is 0 Å². The highest BCUT2D eigenvalue weighted by Crippen LogP contribution is 2.18. The van der Waals surface area contributed by atoms with Crippen LogP contribution in [-0.4, -0.2) is 33.9 Å². The molecule has 5 heteroatoms. The van der Waals surface area contributed by atoms with Crippen molar-refractivity contribution in [3.8, 4) is 0 Å². The first-order valence-corrected chi connectivity index (χ1v) is 8.16. The number of aliphatic hydroxyl groups excluding tert-OH is 1. The van der Waals surface area contributed by atoms with Crippen LogP contribution < -0.4 is 5.32 Å². The smallest absolute Gasteiger partial charge is 0.254 e. The number of hydrogen-bond donors (Lipinski definition) is 2. The summed E-state index contributed by atoms with van der Waals surface area (Å²) in [4.78, 5) is 12.3. The van der Waals surface area contributed by atoms with Gasteiger partial charge in [0.2, 0.25) is 0 Å². The summed E-state index contributed by atoms with van der Waals surface area (Å²) in [5.74, 6) is -0.0687. The molecule has 0 aliphatic carbocycles. The Morgan fingerprint density at radius 3 is 2.91 bits per heavy atom. The number of fused-ring (bicyclic) bond motifs is 1. The number of benzene rings is 1. The Balaban J connectivity index is 1.57. The molecule has 1 aliphatic heterocycles. The number of amides is 1. The summed E-state index contributed by atoms with van der Waals surface area (Å²) < 4.78 is 1.91. The number of rotatable bonds is 6. The lowest BCUT2D eigenvalue weighted by Gasteiger charge is -2.15. The molecule has 0 radical (unpaired) electrons. The maximum Gasteiger partial charge on any atom is 0.254 e. The summed E-state index contributed by atoms with van der Waals surface area (Å²) in [7, 11) is 0. The second-order valence-electron chi connectivity index (χ2n) is 6.28. The molecule has 0 saturated carbocycles. The molecule has 1 amide bonds. The molecule has 2 aromatic rings. The highest BCUT2D eigenvalue weighted by molar-refractivity contribution is 5.95. The topological polar surface area (TPSA) is 67.2 Å². The summed E-state index contributed by atoms with van der Waals surface area (Å²) >= 11 is 0. The average molecular weight is 313 g/mol. The van der Waals surface area contributed by atoms with Crippen LogP contribution in [0.2, 0.25) is 0 Å². The number of nitrogens with one attached hydrogen (secondary N) is 1. The van der Waals surface area contributed by atoms with Crippen molar-refractivity contribution in [2.75, 3.05) is 13.2 Å². The van der Waals surface area contributed by atoms with Gasteiger partial charge in [0.25, 0.3) is 5.91 Å². The zero-order valence-corrected chi connectivity index (χ0v) is 13.5. The second-order valence-corrected chi connectivity index (χ2v) is 6.28. The number of carbonyl (C=O) groups excluding carboxylic acids is 1. The first kappa shape index (κ1) is 15.7. The SMILES string of the molecule is Cc1ccc(CC(CO)CNC(=O)c2cnn3c2CCC3)cc1. The Morgan fingerprint density at radius 2 is 2.17 bits per heavy atom. The van der Waals surface area contributed by atoms with E-state index < -0.39 is 0 Å². The standard InChI is InChI=1S/C18H23N3O2/c1-13-4-6-14(7-5-13)9-15(12-22)10-19-18(23)16-11-20-21-8-2-3-17(16)21/h4-7,11,15,22H,2-3,8-10,12H2,1H3,(H,19,23). The van der Waals surface area contributed by atoms with Gasteiger partial charge >= 0.3 is 0 Å². The molecule has 0 fully saturated rings. The number of hydrogen-bond acceptors (Lipinski definition) is 3. The van der Waals surface area contributed by atoms with Gasteiger partial charge in [-0.15, -0.1) is 0 Å². The third kappa shape index (κ3) is 3.62. The summed E-state index contributed by atoms with van der Waals surface area (Å²) in [6.07, 6.45) is 4.37. The Kier molecular flexibility index (Phi) is 4.76. The molecular formula is C18H23N3O2. The van der Waals surface area contributed by atoms with Gasteiger partial charge in [-0.1, -0.05) is 29.8 Å². The van der Waals surface area contributed by atoms with Crippen molar-refractivity contribution in [1.29, 1.82) is 0 Å². The van der Waals surface area contributed by atoms with Crippen LogP contribution in [0.4, 0.5) is 0 Å². The van der Waals surface area contributed by atoms with Crippen molar-refractivity contribution in [2.45, 2.75) is 32.7 Å². The average Bonchev–Trinajstić information content (AvgIpc) is 3.16. The zero-order valence-electron chi connectivity index (χ0n) is 13.5. The van der Waals surface area contributed by atoms with Gasteiger partial charge in [0.15, 0.2) is 0 Å². The molecule has 1 aliphatic rings. The van der Waals surface area contributed by atoms with Gasteiger partial charge < -0.3 is 10.4 Å². The summed E-state index contributed by atoms with van der Waals surface area (Å²) in [5.41, 5.74) is 4.10. The van der Waals surface area contributed by atoms with Crippen LogP contribution in [0.25, 0.3) is 0 Å². The van der Waals surface area contributed by atoms with Crippen LogP contribution in [0, 0.1) is 12.8 Å². The van der Waals surface area contributed by atoms with E-state index in [9.17, 15) is 9.90 Å². The Morgan fingerprint density at radius 1 is 1.39 bits per heavy atom. The summed E-state index contributed by atoms with van der Waals surface area (Å²) in [5, 5.41) is 16.8. The fourth-order valence-corrected chi connectivity index (χ4v) is 3.04. The summed E-state index contributed by atoms with van der Waals surface area (Å²) in [6.45, 7) is 3.47. The number of carbonyl (C=O) groups is 1. The monoisotopic (exact) mass is 313 g/mol. The van der Waals surface area contributed by atoms with E-state index in [4.69, 9.17) is 0 Å². The van der Waals surface area contributed by atoms with E-state index in [-0.39, 0.29) is 18.4 Å². The first-order chi connectivity index (χ1) is 11.2. The van der Waals surface area contributed by atoms with Crippen LogP contribution in [0.1, 0.15) is 33.6 Å². The van der Waals surface area contributed by atoms with E-state index in [0.717, 1.165) is 31.5 Å². The highest BCUT2D eigenvalue weighted by Gasteiger charge is 2.21. The molecule has 1 aromatic carbocycles. The fraction of sp³-hybridized carbons (Fsp3) is 0.444. The Bertz CT molecular complexity index is 676. The van der Waals surface area contributed by atoms with Crippen molar-refractivity contribution in [1.82, 2.24) is 15.1 Å². The zero-order chi connectivity index (χ0) is 16.2. The molecule has 2 N–H and O–H groups in total. The van der Waals surface area contributed by atoms with Crippen molar-refractivity contribution in [2.24, 2.45) is 5.92 Å².